The normalized spacial score (nSPS) is 21.0. The molecule has 1 amide bonds. The Morgan fingerprint density at radius 1 is 1.62 bits per heavy atom. The summed E-state index contributed by atoms with van der Waals surface area (Å²) < 4.78 is 4.88. The van der Waals surface area contributed by atoms with Gasteiger partial charge in [0.05, 0.1) is 6.07 Å². The van der Waals surface area contributed by atoms with Gasteiger partial charge >= 0.3 is 5.88 Å². The molecule has 0 radical (unpaired) electrons. The zero-order chi connectivity index (χ0) is 15.4. The zero-order valence-electron chi connectivity index (χ0n) is 12.4. The fourth-order valence-corrected chi connectivity index (χ4v) is 2.63. The Labute approximate surface area is 123 Å². The van der Waals surface area contributed by atoms with Crippen LogP contribution in [0.3, 0.4) is 0 Å². The van der Waals surface area contributed by atoms with Crippen molar-refractivity contribution in [1.29, 1.82) is 0 Å². The van der Waals surface area contributed by atoms with E-state index >= 15 is 0 Å². The number of nitro groups is 1. The number of rotatable bonds is 5. The summed E-state index contributed by atoms with van der Waals surface area (Å²) in [6, 6.07) is 2.74. The average molecular weight is 295 g/mol. The van der Waals surface area contributed by atoms with Gasteiger partial charge in [-0.15, -0.1) is 0 Å². The molecule has 116 valence electrons. The first kappa shape index (κ1) is 15.5. The van der Waals surface area contributed by atoms with E-state index in [2.05, 4.69) is 24.1 Å². The molecule has 2 atom stereocenters. The Morgan fingerprint density at radius 3 is 3.00 bits per heavy atom. The van der Waals surface area contributed by atoms with E-state index in [0.717, 1.165) is 13.1 Å². The van der Waals surface area contributed by atoms with Gasteiger partial charge in [-0.25, -0.2) is 0 Å². The van der Waals surface area contributed by atoms with Gasteiger partial charge in [0.1, 0.15) is 4.92 Å². The topological polar surface area (TPSA) is 88.6 Å². The highest BCUT2D eigenvalue weighted by Crippen LogP contribution is 2.18. The number of nitrogens with one attached hydrogen (secondary N) is 1. The largest absolute Gasteiger partial charge is 0.433 e. The van der Waals surface area contributed by atoms with Crippen LogP contribution in [0.15, 0.2) is 16.5 Å². The van der Waals surface area contributed by atoms with Crippen molar-refractivity contribution in [3.05, 3.63) is 28.0 Å². The maximum absolute atomic E-state index is 11.9. The molecule has 7 nitrogen and oxygen atoms in total. The maximum Gasteiger partial charge on any atom is 0.433 e. The number of carbonyl (C=O) groups is 1. The Balaban J connectivity index is 1.83. The summed E-state index contributed by atoms with van der Waals surface area (Å²) in [6.07, 6.45) is 2.44. The van der Waals surface area contributed by atoms with E-state index in [9.17, 15) is 14.9 Å². The van der Waals surface area contributed by atoms with Crippen LogP contribution in [0.4, 0.5) is 5.88 Å². The molecule has 0 spiro atoms. The van der Waals surface area contributed by atoms with E-state index in [1.54, 1.807) is 0 Å². The first-order valence-electron chi connectivity index (χ1n) is 7.24. The first-order valence-corrected chi connectivity index (χ1v) is 7.24. The van der Waals surface area contributed by atoms with Gasteiger partial charge in [-0.1, -0.05) is 6.92 Å². The van der Waals surface area contributed by atoms with E-state index in [1.807, 2.05) is 0 Å². The van der Waals surface area contributed by atoms with Gasteiger partial charge < -0.3 is 9.73 Å². The van der Waals surface area contributed by atoms with Gasteiger partial charge in [0.2, 0.25) is 0 Å². The van der Waals surface area contributed by atoms with Crippen molar-refractivity contribution in [3.8, 4) is 0 Å². The van der Waals surface area contributed by atoms with Gasteiger partial charge in [-0.3, -0.25) is 19.8 Å². The zero-order valence-corrected chi connectivity index (χ0v) is 12.4. The number of amides is 1. The third-order valence-electron chi connectivity index (χ3n) is 3.87. The highest BCUT2D eigenvalue weighted by Gasteiger charge is 2.22. The molecule has 0 aliphatic carbocycles. The lowest BCUT2D eigenvalue weighted by molar-refractivity contribution is -0.402. The van der Waals surface area contributed by atoms with Crippen LogP contribution in [0.1, 0.15) is 37.2 Å². The van der Waals surface area contributed by atoms with E-state index in [-0.39, 0.29) is 11.8 Å². The summed E-state index contributed by atoms with van der Waals surface area (Å²) in [5.74, 6) is -0.177. The molecule has 7 heteroatoms. The number of likely N-dealkylation sites (tertiary alicyclic amines) is 1. The summed E-state index contributed by atoms with van der Waals surface area (Å²) in [6.45, 7) is 6.90. The fourth-order valence-electron chi connectivity index (χ4n) is 2.63. The molecule has 21 heavy (non-hydrogen) atoms. The van der Waals surface area contributed by atoms with Gasteiger partial charge in [0.15, 0.2) is 5.76 Å². The van der Waals surface area contributed by atoms with Crippen LogP contribution in [-0.4, -0.2) is 41.4 Å². The van der Waals surface area contributed by atoms with Crippen molar-refractivity contribution >= 4 is 11.8 Å². The average Bonchev–Trinajstić information content (AvgIpc) is 2.94. The monoisotopic (exact) mass is 295 g/mol. The van der Waals surface area contributed by atoms with Crippen LogP contribution in [0.25, 0.3) is 0 Å². The molecule has 0 bridgehead atoms. The van der Waals surface area contributed by atoms with E-state index in [1.165, 1.54) is 25.0 Å². The summed E-state index contributed by atoms with van der Waals surface area (Å²) in [7, 11) is 0. The molecular formula is C14H21N3O4. The molecule has 0 unspecified atom stereocenters. The predicted molar refractivity (Wildman–Crippen MR) is 77.1 cm³/mol. The van der Waals surface area contributed by atoms with Crippen LogP contribution in [-0.2, 0) is 0 Å². The standard InChI is InChI=1S/C14H21N3O4/c1-10-4-3-7-16(9-10)11(2)8-15-14(18)12-5-6-13(21-12)17(19)20/h5-6,10-11H,3-4,7-9H2,1-2H3,(H,15,18)/t10-,11+/m0/s1. The SMILES string of the molecule is C[C@H]1CCCN([C@H](C)CNC(=O)c2ccc([N+](=O)[O-])o2)C1. The highest BCUT2D eigenvalue weighted by molar-refractivity contribution is 5.91. The maximum atomic E-state index is 11.9. The van der Waals surface area contributed by atoms with Crippen molar-refractivity contribution in [2.45, 2.75) is 32.7 Å². The minimum absolute atomic E-state index is 0.0269. The molecular weight excluding hydrogens is 274 g/mol. The number of hydrogen-bond acceptors (Lipinski definition) is 5. The van der Waals surface area contributed by atoms with Gasteiger partial charge in [-0.05, 0) is 38.3 Å². The number of nitrogens with zero attached hydrogens (tertiary/aromatic N) is 2. The third-order valence-corrected chi connectivity index (χ3v) is 3.87. The van der Waals surface area contributed by atoms with Crippen LogP contribution >= 0.6 is 0 Å². The van der Waals surface area contributed by atoms with Crippen LogP contribution in [0, 0.1) is 16.0 Å². The summed E-state index contributed by atoms with van der Waals surface area (Å²) in [5, 5.41) is 13.3. The van der Waals surface area contributed by atoms with Gasteiger partial charge in [-0.2, -0.15) is 0 Å². The number of carbonyl (C=O) groups excluding carboxylic acids is 1. The molecule has 1 aliphatic heterocycles. The molecule has 0 saturated carbocycles. The second-order valence-electron chi connectivity index (χ2n) is 5.70. The number of hydrogen-bond donors (Lipinski definition) is 1. The second kappa shape index (κ2) is 6.71. The van der Waals surface area contributed by atoms with Crippen molar-refractivity contribution in [1.82, 2.24) is 10.2 Å². The molecule has 2 rings (SSSR count). The van der Waals surface area contributed by atoms with E-state index in [0.29, 0.717) is 12.5 Å². The molecule has 1 aromatic rings. The number of piperidine rings is 1. The van der Waals surface area contributed by atoms with E-state index in [4.69, 9.17) is 4.42 Å². The molecule has 2 heterocycles. The molecule has 1 fully saturated rings. The minimum atomic E-state index is -0.658. The van der Waals surface area contributed by atoms with Crippen molar-refractivity contribution in [2.24, 2.45) is 5.92 Å². The quantitative estimate of drug-likeness (QED) is 0.663. The van der Waals surface area contributed by atoms with Gasteiger partial charge in [0, 0.05) is 19.1 Å². The lowest BCUT2D eigenvalue weighted by atomic mass is 9.99. The molecule has 1 aliphatic rings. The lowest BCUT2D eigenvalue weighted by Crippen LogP contribution is -2.46. The Hall–Kier alpha value is -1.89. The van der Waals surface area contributed by atoms with Crippen molar-refractivity contribution in [3.63, 3.8) is 0 Å². The minimum Gasteiger partial charge on any atom is -0.395 e. The van der Waals surface area contributed by atoms with Crippen LogP contribution in [0.5, 0.6) is 0 Å². The van der Waals surface area contributed by atoms with Crippen LogP contribution < -0.4 is 5.32 Å². The van der Waals surface area contributed by atoms with E-state index < -0.39 is 16.7 Å². The lowest BCUT2D eigenvalue weighted by Gasteiger charge is -2.35. The molecule has 1 aromatic heterocycles. The van der Waals surface area contributed by atoms with Gasteiger partial charge in [0.25, 0.3) is 5.91 Å². The third kappa shape index (κ3) is 4.04. The van der Waals surface area contributed by atoms with Crippen LogP contribution in [0.2, 0.25) is 0 Å². The molecule has 0 aromatic carbocycles. The Bertz CT molecular complexity index is 514. The summed E-state index contributed by atoms with van der Waals surface area (Å²) in [5.41, 5.74) is 0. The summed E-state index contributed by atoms with van der Waals surface area (Å²) in [4.78, 5) is 24.1. The highest BCUT2D eigenvalue weighted by atomic mass is 16.6. The summed E-state index contributed by atoms with van der Waals surface area (Å²) >= 11 is 0. The van der Waals surface area contributed by atoms with Crippen molar-refractivity contribution in [2.75, 3.05) is 19.6 Å². The Kier molecular flexibility index (Phi) is 4.95. The number of furan rings is 1. The molecule has 1 saturated heterocycles. The fraction of sp³-hybridized carbons (Fsp3) is 0.643. The first-order chi connectivity index (χ1) is 9.97. The predicted octanol–water partition coefficient (Wildman–Crippen LogP) is 2.04. The smallest absolute Gasteiger partial charge is 0.395 e. The Morgan fingerprint density at radius 2 is 2.38 bits per heavy atom. The second-order valence-corrected chi connectivity index (χ2v) is 5.70. The molecule has 1 N–H and O–H groups in total. The van der Waals surface area contributed by atoms with Crippen molar-refractivity contribution < 1.29 is 14.1 Å².